The van der Waals surface area contributed by atoms with Gasteiger partial charge in [0.2, 0.25) is 0 Å². The molecule has 1 heterocycles. The van der Waals surface area contributed by atoms with Gasteiger partial charge in [0.15, 0.2) is 0 Å². The Bertz CT molecular complexity index is 109. The van der Waals surface area contributed by atoms with Crippen molar-refractivity contribution in [2.45, 2.75) is 12.4 Å². The molecule has 1 aliphatic rings. The van der Waals surface area contributed by atoms with Gasteiger partial charge >= 0.3 is 0 Å². The fourth-order valence-electron chi connectivity index (χ4n) is 1.06. The lowest BCUT2D eigenvalue weighted by atomic mass is 10.3. The van der Waals surface area contributed by atoms with E-state index in [9.17, 15) is 0 Å². The molecular weight excluding hydrogens is 134 g/mol. The highest BCUT2D eigenvalue weighted by atomic mass is 16.5. The van der Waals surface area contributed by atoms with E-state index < -0.39 is 12.4 Å². The van der Waals surface area contributed by atoms with Crippen molar-refractivity contribution in [3.8, 4) is 0 Å². The lowest BCUT2D eigenvalue weighted by molar-refractivity contribution is -0.246. The number of nitrogens with zero attached hydrogens (tertiary/aromatic N) is 2. The summed E-state index contributed by atoms with van der Waals surface area (Å²) >= 11 is 0. The van der Waals surface area contributed by atoms with Gasteiger partial charge in [0, 0.05) is 13.1 Å². The molecule has 2 atom stereocenters. The van der Waals surface area contributed by atoms with Crippen LogP contribution in [0.15, 0.2) is 0 Å². The first-order valence-electron chi connectivity index (χ1n) is 3.20. The molecule has 2 unspecified atom stereocenters. The van der Waals surface area contributed by atoms with Crippen molar-refractivity contribution in [2.24, 2.45) is 5.73 Å². The minimum atomic E-state index is -0.853. The molecule has 0 aromatic carbocycles. The zero-order chi connectivity index (χ0) is 7.72. The molecule has 60 valence electrons. The van der Waals surface area contributed by atoms with Gasteiger partial charge in [-0.3, -0.25) is 4.90 Å². The van der Waals surface area contributed by atoms with Crippen LogP contribution in [-0.4, -0.2) is 52.8 Å². The molecule has 0 aromatic rings. The zero-order valence-electron chi connectivity index (χ0n) is 5.94. The summed E-state index contributed by atoms with van der Waals surface area (Å²) in [6.07, 6.45) is -1.33. The van der Waals surface area contributed by atoms with E-state index in [2.05, 4.69) is 0 Å². The van der Waals surface area contributed by atoms with Gasteiger partial charge in [-0.2, -0.15) is 0 Å². The minimum absolute atomic E-state index is 0.435. The molecule has 1 fully saturated rings. The van der Waals surface area contributed by atoms with E-state index in [1.807, 2.05) is 11.9 Å². The number of nitrogens with two attached hydrogens (primary N) is 1. The summed E-state index contributed by atoms with van der Waals surface area (Å²) in [5.74, 6) is 0. The molecule has 0 bridgehead atoms. The Balaban J connectivity index is 2.49. The van der Waals surface area contributed by atoms with Crippen LogP contribution in [0.25, 0.3) is 0 Å². The largest absolute Gasteiger partial charge is 0.375 e. The standard InChI is InChI=1S/C5H13N3O2/c1-7-2-4(6)8(10)5(9)3-7/h4-5,9-10H,2-3,6H2,1H3. The first-order valence-corrected chi connectivity index (χ1v) is 3.20. The summed E-state index contributed by atoms with van der Waals surface area (Å²) in [5.41, 5.74) is 5.43. The molecule has 0 amide bonds. The summed E-state index contributed by atoms with van der Waals surface area (Å²) in [7, 11) is 1.84. The second-order valence-electron chi connectivity index (χ2n) is 2.65. The van der Waals surface area contributed by atoms with Crippen LogP contribution in [0.2, 0.25) is 0 Å². The summed E-state index contributed by atoms with van der Waals surface area (Å²) in [5, 5.41) is 18.8. The maximum atomic E-state index is 9.07. The van der Waals surface area contributed by atoms with E-state index in [0.717, 1.165) is 5.06 Å². The molecular formula is C5H13N3O2. The SMILES string of the molecule is CN1CC(N)N(O)C(O)C1. The maximum absolute atomic E-state index is 9.07. The van der Waals surface area contributed by atoms with Crippen molar-refractivity contribution in [3.63, 3.8) is 0 Å². The number of rotatable bonds is 0. The number of β-amino-alcohol motifs (C(OH)–C–C–N with tert-alkyl or cyclic N) is 1. The molecule has 5 nitrogen and oxygen atoms in total. The zero-order valence-corrected chi connectivity index (χ0v) is 5.94. The van der Waals surface area contributed by atoms with Crippen molar-refractivity contribution < 1.29 is 10.3 Å². The van der Waals surface area contributed by atoms with E-state index >= 15 is 0 Å². The van der Waals surface area contributed by atoms with Crippen molar-refractivity contribution >= 4 is 0 Å². The summed E-state index contributed by atoms with van der Waals surface area (Å²) in [6.45, 7) is 1.01. The molecule has 10 heavy (non-hydrogen) atoms. The van der Waals surface area contributed by atoms with Crippen LogP contribution in [0.3, 0.4) is 0 Å². The first-order chi connectivity index (χ1) is 4.61. The molecule has 0 spiro atoms. The average molecular weight is 147 g/mol. The predicted octanol–water partition coefficient (Wildman–Crippen LogP) is -1.77. The molecule has 0 saturated carbocycles. The number of aliphatic hydroxyl groups is 1. The highest BCUT2D eigenvalue weighted by Crippen LogP contribution is 2.05. The fourth-order valence-corrected chi connectivity index (χ4v) is 1.06. The highest BCUT2D eigenvalue weighted by Gasteiger charge is 2.27. The molecule has 1 rings (SSSR count). The van der Waals surface area contributed by atoms with Gasteiger partial charge in [0.1, 0.15) is 6.23 Å². The fraction of sp³-hybridized carbons (Fsp3) is 1.00. The van der Waals surface area contributed by atoms with Crippen molar-refractivity contribution in [3.05, 3.63) is 0 Å². The number of aliphatic hydroxyl groups excluding tert-OH is 1. The van der Waals surface area contributed by atoms with E-state index in [0.29, 0.717) is 13.1 Å². The Kier molecular flexibility index (Phi) is 2.22. The second-order valence-corrected chi connectivity index (χ2v) is 2.65. The third-order valence-corrected chi connectivity index (χ3v) is 1.62. The predicted molar refractivity (Wildman–Crippen MR) is 35.1 cm³/mol. The Morgan fingerprint density at radius 1 is 1.50 bits per heavy atom. The monoisotopic (exact) mass is 147 g/mol. The number of hydrogen-bond donors (Lipinski definition) is 3. The van der Waals surface area contributed by atoms with E-state index in [1.165, 1.54) is 0 Å². The molecule has 1 saturated heterocycles. The molecule has 0 radical (unpaired) electrons. The molecule has 0 aromatic heterocycles. The Labute approximate surface area is 59.6 Å². The lowest BCUT2D eigenvalue weighted by Crippen LogP contribution is -2.59. The quantitative estimate of drug-likeness (QED) is 0.378. The van der Waals surface area contributed by atoms with E-state index in [4.69, 9.17) is 16.0 Å². The molecule has 4 N–H and O–H groups in total. The Hall–Kier alpha value is -0.200. The van der Waals surface area contributed by atoms with Crippen LogP contribution in [0.5, 0.6) is 0 Å². The van der Waals surface area contributed by atoms with Gasteiger partial charge in [0.25, 0.3) is 0 Å². The van der Waals surface area contributed by atoms with Crippen LogP contribution < -0.4 is 5.73 Å². The number of likely N-dealkylation sites (N-methyl/N-ethyl adjacent to an activating group) is 1. The van der Waals surface area contributed by atoms with Crippen LogP contribution in [-0.2, 0) is 0 Å². The van der Waals surface area contributed by atoms with Gasteiger partial charge in [-0.25, -0.2) is 0 Å². The minimum Gasteiger partial charge on any atom is -0.375 e. The summed E-state index contributed by atoms with van der Waals surface area (Å²) in [6, 6.07) is 0. The van der Waals surface area contributed by atoms with E-state index in [-0.39, 0.29) is 0 Å². The van der Waals surface area contributed by atoms with Gasteiger partial charge in [-0.05, 0) is 7.05 Å². The highest BCUT2D eigenvalue weighted by molar-refractivity contribution is 4.72. The summed E-state index contributed by atoms with van der Waals surface area (Å²) in [4.78, 5) is 1.86. The summed E-state index contributed by atoms with van der Waals surface area (Å²) < 4.78 is 0. The molecule has 5 heteroatoms. The van der Waals surface area contributed by atoms with Gasteiger partial charge in [0.05, 0.1) is 6.17 Å². The van der Waals surface area contributed by atoms with Crippen molar-refractivity contribution in [1.29, 1.82) is 0 Å². The maximum Gasteiger partial charge on any atom is 0.144 e. The third kappa shape index (κ3) is 1.44. The Morgan fingerprint density at radius 3 is 2.60 bits per heavy atom. The van der Waals surface area contributed by atoms with Crippen LogP contribution in [0, 0.1) is 0 Å². The Morgan fingerprint density at radius 2 is 2.10 bits per heavy atom. The van der Waals surface area contributed by atoms with Crippen LogP contribution >= 0.6 is 0 Å². The van der Waals surface area contributed by atoms with E-state index in [1.54, 1.807) is 0 Å². The normalized spacial score (nSPS) is 38.4. The molecule has 1 aliphatic heterocycles. The lowest BCUT2D eigenvalue weighted by Gasteiger charge is -2.37. The second kappa shape index (κ2) is 2.81. The number of hydroxylamine groups is 2. The topological polar surface area (TPSA) is 73.0 Å². The van der Waals surface area contributed by atoms with Gasteiger partial charge < -0.3 is 16.0 Å². The smallest absolute Gasteiger partial charge is 0.144 e. The van der Waals surface area contributed by atoms with Crippen LogP contribution in [0.4, 0.5) is 0 Å². The van der Waals surface area contributed by atoms with Crippen molar-refractivity contribution in [1.82, 2.24) is 9.96 Å². The van der Waals surface area contributed by atoms with Crippen LogP contribution in [0.1, 0.15) is 0 Å². The first kappa shape index (κ1) is 7.90. The van der Waals surface area contributed by atoms with Gasteiger partial charge in [-0.1, -0.05) is 0 Å². The third-order valence-electron chi connectivity index (χ3n) is 1.62. The van der Waals surface area contributed by atoms with Crippen molar-refractivity contribution in [2.75, 3.05) is 20.1 Å². The molecule has 0 aliphatic carbocycles. The number of piperazine rings is 1. The number of hydrogen-bond acceptors (Lipinski definition) is 5. The van der Waals surface area contributed by atoms with Gasteiger partial charge in [-0.15, -0.1) is 5.06 Å². The average Bonchev–Trinajstić information content (AvgIpc) is 1.82.